The molecule has 110 valence electrons. The highest BCUT2D eigenvalue weighted by atomic mass is 16.6. The highest BCUT2D eigenvalue weighted by Crippen LogP contribution is 2.35. The maximum absolute atomic E-state index is 11.3. The van der Waals surface area contributed by atoms with Crippen LogP contribution in [-0.4, -0.2) is 16.0 Å². The number of pyridine rings is 1. The van der Waals surface area contributed by atoms with Gasteiger partial charge in [-0.3, -0.25) is 15.1 Å². The van der Waals surface area contributed by atoms with Crippen LogP contribution in [0.3, 0.4) is 0 Å². The van der Waals surface area contributed by atoms with Gasteiger partial charge in [-0.1, -0.05) is 12.1 Å². The van der Waals surface area contributed by atoms with Gasteiger partial charge in [-0.15, -0.1) is 0 Å². The van der Waals surface area contributed by atoms with Crippen molar-refractivity contribution in [3.63, 3.8) is 0 Å². The second-order valence-electron chi connectivity index (χ2n) is 4.79. The van der Waals surface area contributed by atoms with Crippen molar-refractivity contribution in [2.45, 2.75) is 26.5 Å². The van der Waals surface area contributed by atoms with Crippen molar-refractivity contribution in [2.75, 3.05) is 5.32 Å². The Morgan fingerprint density at radius 3 is 2.76 bits per heavy atom. The van der Waals surface area contributed by atoms with Gasteiger partial charge in [0.05, 0.1) is 11.0 Å². The molecule has 6 nitrogen and oxygen atoms in total. The molecule has 0 fully saturated rings. The Labute approximate surface area is 122 Å². The summed E-state index contributed by atoms with van der Waals surface area (Å²) in [5, 5.41) is 14.4. The molecular formula is C15H17N3O3. The number of anilines is 1. The summed E-state index contributed by atoms with van der Waals surface area (Å²) in [5.74, 6) is 0.270. The number of nitrogens with one attached hydrogen (secondary N) is 1. The minimum atomic E-state index is -0.427. The van der Waals surface area contributed by atoms with E-state index in [0.717, 1.165) is 5.56 Å². The van der Waals surface area contributed by atoms with Crippen molar-refractivity contribution in [3.8, 4) is 5.75 Å². The van der Waals surface area contributed by atoms with Crippen LogP contribution in [0.1, 0.15) is 19.4 Å². The standard InChI is InChI=1S/C15H17N3O3/c1-11(2)21-14-7-3-6-13(15(14)18(19)20)17-10-12-5-4-8-16-9-12/h3-9,11,17H,10H2,1-2H3. The second-order valence-corrected chi connectivity index (χ2v) is 4.79. The monoisotopic (exact) mass is 287 g/mol. The maximum atomic E-state index is 11.3. The molecule has 21 heavy (non-hydrogen) atoms. The lowest BCUT2D eigenvalue weighted by Crippen LogP contribution is -2.09. The number of nitrogens with zero attached hydrogens (tertiary/aromatic N) is 2. The summed E-state index contributed by atoms with van der Waals surface area (Å²) in [6.07, 6.45) is 3.27. The van der Waals surface area contributed by atoms with Gasteiger partial charge in [0.15, 0.2) is 5.75 Å². The highest BCUT2D eigenvalue weighted by molar-refractivity contribution is 5.68. The molecule has 0 aliphatic carbocycles. The van der Waals surface area contributed by atoms with E-state index in [4.69, 9.17) is 4.74 Å². The van der Waals surface area contributed by atoms with Gasteiger partial charge in [0.2, 0.25) is 0 Å². The fourth-order valence-electron chi connectivity index (χ4n) is 1.90. The van der Waals surface area contributed by atoms with E-state index in [9.17, 15) is 10.1 Å². The minimum absolute atomic E-state index is 0.0462. The Morgan fingerprint density at radius 1 is 1.33 bits per heavy atom. The molecule has 0 spiro atoms. The zero-order valence-electron chi connectivity index (χ0n) is 11.9. The first-order valence-corrected chi connectivity index (χ1v) is 6.64. The first kappa shape index (κ1) is 14.8. The summed E-state index contributed by atoms with van der Waals surface area (Å²) in [6, 6.07) is 8.73. The van der Waals surface area contributed by atoms with Gasteiger partial charge in [-0.05, 0) is 37.6 Å². The van der Waals surface area contributed by atoms with Gasteiger partial charge in [0.25, 0.3) is 0 Å². The fourth-order valence-corrected chi connectivity index (χ4v) is 1.90. The summed E-state index contributed by atoms with van der Waals surface area (Å²) in [5.41, 5.74) is 1.33. The Morgan fingerprint density at radius 2 is 2.14 bits per heavy atom. The van der Waals surface area contributed by atoms with Crippen LogP contribution in [0, 0.1) is 10.1 Å². The summed E-state index contributed by atoms with van der Waals surface area (Å²) in [4.78, 5) is 14.9. The number of nitro benzene ring substituents is 1. The van der Waals surface area contributed by atoms with Crippen LogP contribution < -0.4 is 10.1 Å². The molecule has 0 saturated heterocycles. The molecule has 0 amide bonds. The predicted molar refractivity (Wildman–Crippen MR) is 80.4 cm³/mol. The molecule has 0 bridgehead atoms. The quantitative estimate of drug-likeness (QED) is 0.651. The number of hydrogen-bond acceptors (Lipinski definition) is 5. The number of para-hydroxylation sites is 1. The molecule has 0 unspecified atom stereocenters. The number of nitro groups is 1. The van der Waals surface area contributed by atoms with Gasteiger partial charge < -0.3 is 10.1 Å². The van der Waals surface area contributed by atoms with Gasteiger partial charge in [0, 0.05) is 18.9 Å². The maximum Gasteiger partial charge on any atom is 0.333 e. The van der Waals surface area contributed by atoms with Gasteiger partial charge in [-0.25, -0.2) is 0 Å². The molecule has 2 aromatic rings. The van der Waals surface area contributed by atoms with Crippen molar-refractivity contribution < 1.29 is 9.66 Å². The summed E-state index contributed by atoms with van der Waals surface area (Å²) < 4.78 is 5.51. The van der Waals surface area contributed by atoms with Crippen molar-refractivity contribution in [3.05, 3.63) is 58.4 Å². The highest BCUT2D eigenvalue weighted by Gasteiger charge is 2.21. The number of hydrogen-bond donors (Lipinski definition) is 1. The zero-order valence-corrected chi connectivity index (χ0v) is 11.9. The van der Waals surface area contributed by atoms with Crippen molar-refractivity contribution in [2.24, 2.45) is 0 Å². The normalized spacial score (nSPS) is 10.4. The van der Waals surface area contributed by atoms with Crippen LogP contribution in [0.5, 0.6) is 5.75 Å². The van der Waals surface area contributed by atoms with Crippen LogP contribution in [0.2, 0.25) is 0 Å². The molecule has 0 aliphatic heterocycles. The number of rotatable bonds is 6. The summed E-state index contributed by atoms with van der Waals surface area (Å²) >= 11 is 0. The van der Waals surface area contributed by atoms with E-state index in [-0.39, 0.29) is 17.5 Å². The van der Waals surface area contributed by atoms with Crippen LogP contribution in [-0.2, 0) is 6.54 Å². The minimum Gasteiger partial charge on any atom is -0.484 e. The molecule has 6 heteroatoms. The van der Waals surface area contributed by atoms with E-state index in [0.29, 0.717) is 12.2 Å². The summed E-state index contributed by atoms with van der Waals surface area (Å²) in [7, 11) is 0. The van der Waals surface area contributed by atoms with Crippen molar-refractivity contribution >= 4 is 11.4 Å². The lowest BCUT2D eigenvalue weighted by molar-refractivity contribution is -0.385. The third-order valence-electron chi connectivity index (χ3n) is 2.75. The van der Waals surface area contributed by atoms with Gasteiger partial charge >= 0.3 is 5.69 Å². The molecule has 1 heterocycles. The molecule has 2 rings (SSSR count). The number of ether oxygens (including phenoxy) is 1. The van der Waals surface area contributed by atoms with E-state index in [2.05, 4.69) is 10.3 Å². The van der Waals surface area contributed by atoms with Gasteiger partial charge in [-0.2, -0.15) is 0 Å². The first-order chi connectivity index (χ1) is 10.1. The van der Waals surface area contributed by atoms with Crippen LogP contribution in [0.15, 0.2) is 42.7 Å². The summed E-state index contributed by atoms with van der Waals surface area (Å²) in [6.45, 7) is 4.12. The van der Waals surface area contributed by atoms with Crippen molar-refractivity contribution in [1.82, 2.24) is 4.98 Å². The molecular weight excluding hydrogens is 270 g/mol. The van der Waals surface area contributed by atoms with Crippen LogP contribution in [0.4, 0.5) is 11.4 Å². The number of benzene rings is 1. The Bertz CT molecular complexity index is 615. The molecule has 1 aromatic heterocycles. The second kappa shape index (κ2) is 6.69. The van der Waals surface area contributed by atoms with Crippen LogP contribution in [0.25, 0.3) is 0 Å². The average Bonchev–Trinajstić information content (AvgIpc) is 2.45. The van der Waals surface area contributed by atoms with E-state index in [1.54, 1.807) is 30.6 Å². The molecule has 1 N–H and O–H groups in total. The van der Waals surface area contributed by atoms with E-state index >= 15 is 0 Å². The van der Waals surface area contributed by atoms with Gasteiger partial charge in [0.1, 0.15) is 5.69 Å². The molecule has 0 saturated carbocycles. The molecule has 0 radical (unpaired) electrons. The Balaban J connectivity index is 2.24. The fraction of sp³-hybridized carbons (Fsp3) is 0.267. The molecule has 0 aliphatic rings. The molecule has 1 aromatic carbocycles. The Hall–Kier alpha value is -2.63. The SMILES string of the molecule is CC(C)Oc1cccc(NCc2cccnc2)c1[N+](=O)[O-]. The largest absolute Gasteiger partial charge is 0.484 e. The lowest BCUT2D eigenvalue weighted by Gasteiger charge is -2.13. The predicted octanol–water partition coefficient (Wildman–Crippen LogP) is 3.39. The average molecular weight is 287 g/mol. The van der Waals surface area contributed by atoms with E-state index in [1.165, 1.54) is 0 Å². The zero-order chi connectivity index (χ0) is 15.2. The van der Waals surface area contributed by atoms with Crippen molar-refractivity contribution in [1.29, 1.82) is 0 Å². The third kappa shape index (κ3) is 3.92. The molecule has 0 atom stereocenters. The number of aromatic nitrogens is 1. The first-order valence-electron chi connectivity index (χ1n) is 6.64. The third-order valence-corrected chi connectivity index (χ3v) is 2.75. The topological polar surface area (TPSA) is 77.3 Å². The Kier molecular flexibility index (Phi) is 4.71. The smallest absolute Gasteiger partial charge is 0.333 e. The van der Waals surface area contributed by atoms with E-state index < -0.39 is 4.92 Å². The lowest BCUT2D eigenvalue weighted by atomic mass is 10.2. The van der Waals surface area contributed by atoms with E-state index in [1.807, 2.05) is 26.0 Å². The van der Waals surface area contributed by atoms with Crippen LogP contribution >= 0.6 is 0 Å².